The summed E-state index contributed by atoms with van der Waals surface area (Å²) in [5.41, 5.74) is 2.56. The molecule has 13 heteroatoms. The number of halogens is 2. The summed E-state index contributed by atoms with van der Waals surface area (Å²) >= 11 is 0. The van der Waals surface area contributed by atoms with Crippen molar-refractivity contribution in [2.24, 2.45) is 0 Å². The van der Waals surface area contributed by atoms with Gasteiger partial charge in [-0.25, -0.2) is 13.4 Å². The number of aliphatic hydroxyl groups excluding tert-OH is 1. The number of ether oxygens (including phenoxy) is 2. The van der Waals surface area contributed by atoms with Crippen LogP contribution in [0.15, 0.2) is 59.6 Å². The van der Waals surface area contributed by atoms with Crippen molar-refractivity contribution in [3.8, 4) is 11.5 Å². The van der Waals surface area contributed by atoms with Crippen LogP contribution in [0.25, 0.3) is 11.0 Å². The van der Waals surface area contributed by atoms with Gasteiger partial charge in [-0.1, -0.05) is 13.0 Å². The van der Waals surface area contributed by atoms with Crippen molar-refractivity contribution < 1.29 is 36.6 Å². The first-order valence-corrected chi connectivity index (χ1v) is 13.6. The van der Waals surface area contributed by atoms with Crippen LogP contribution in [-0.4, -0.2) is 52.6 Å². The molecule has 0 radical (unpaired) electrons. The third-order valence-corrected chi connectivity index (χ3v) is 8.07. The van der Waals surface area contributed by atoms with Gasteiger partial charge in [0.15, 0.2) is 21.3 Å². The molecule has 10 nitrogen and oxygen atoms in total. The van der Waals surface area contributed by atoms with Crippen LogP contribution >= 0.6 is 0 Å². The number of hydrogen-bond acceptors (Lipinski definition) is 8. The highest BCUT2D eigenvalue weighted by Gasteiger charge is 2.43. The zero-order valence-electron chi connectivity index (χ0n) is 20.9. The second-order valence-corrected chi connectivity index (χ2v) is 11.2. The minimum atomic E-state index is -3.69. The molecular weight excluding hydrogens is 534 g/mol. The van der Waals surface area contributed by atoms with Gasteiger partial charge in [0.25, 0.3) is 5.91 Å². The predicted octanol–water partition coefficient (Wildman–Crippen LogP) is 3.37. The summed E-state index contributed by atoms with van der Waals surface area (Å²) in [4.78, 5) is 21.7. The normalized spacial score (nSPS) is 14.9. The Labute approximate surface area is 222 Å². The van der Waals surface area contributed by atoms with E-state index >= 15 is 0 Å². The summed E-state index contributed by atoms with van der Waals surface area (Å²) < 4.78 is 61.6. The van der Waals surface area contributed by atoms with Crippen molar-refractivity contribution >= 4 is 26.8 Å². The van der Waals surface area contributed by atoms with Crippen molar-refractivity contribution in [3.05, 3.63) is 77.4 Å². The third kappa shape index (κ3) is 5.27. The number of aromatic nitrogens is 3. The van der Waals surface area contributed by atoms with Crippen LogP contribution in [0.5, 0.6) is 11.5 Å². The van der Waals surface area contributed by atoms with E-state index in [9.17, 15) is 27.1 Å². The number of alkyl halides is 2. The smallest absolute Gasteiger partial charge is 0.395 e. The van der Waals surface area contributed by atoms with Gasteiger partial charge in [-0.2, -0.15) is 0 Å². The number of imidazole rings is 1. The lowest BCUT2D eigenvalue weighted by Gasteiger charge is -2.16. The number of fused-ring (bicyclic) bond motifs is 2. The summed E-state index contributed by atoms with van der Waals surface area (Å²) in [6.45, 7) is 3.19. The Balaban J connectivity index is 1.34. The van der Waals surface area contributed by atoms with E-state index in [2.05, 4.69) is 24.8 Å². The molecule has 1 amide bonds. The molecule has 0 saturated carbocycles. The lowest BCUT2D eigenvalue weighted by Crippen LogP contribution is -2.31. The molecule has 1 aliphatic rings. The van der Waals surface area contributed by atoms with Crippen LogP contribution < -0.4 is 14.8 Å². The van der Waals surface area contributed by atoms with E-state index in [4.69, 9.17) is 0 Å². The highest BCUT2D eigenvalue weighted by molar-refractivity contribution is 7.91. The number of hydrogen-bond donors (Lipinski definition) is 2. The molecule has 2 aromatic carbocycles. The Bertz CT molecular complexity index is 1670. The average molecular weight is 559 g/mol. The van der Waals surface area contributed by atoms with Crippen LogP contribution in [0.1, 0.15) is 40.4 Å². The Morgan fingerprint density at radius 3 is 2.59 bits per heavy atom. The zero-order chi connectivity index (χ0) is 27.9. The van der Waals surface area contributed by atoms with Gasteiger partial charge in [0.2, 0.25) is 0 Å². The second kappa shape index (κ2) is 9.89. The molecule has 0 saturated heterocycles. The van der Waals surface area contributed by atoms with E-state index in [0.717, 1.165) is 5.52 Å². The quantitative estimate of drug-likeness (QED) is 0.337. The number of pyridine rings is 1. The molecule has 2 aromatic heterocycles. The van der Waals surface area contributed by atoms with Gasteiger partial charge in [-0.05, 0) is 55.0 Å². The molecule has 204 valence electrons. The molecule has 39 heavy (non-hydrogen) atoms. The third-order valence-electron chi connectivity index (χ3n) is 6.35. The molecule has 4 aromatic rings. The van der Waals surface area contributed by atoms with Crippen LogP contribution in [0.2, 0.25) is 0 Å². The fourth-order valence-corrected chi connectivity index (χ4v) is 5.09. The number of aryl methyl sites for hydroxylation is 1. The average Bonchev–Trinajstić information content (AvgIpc) is 3.39. The first-order valence-electron chi connectivity index (χ1n) is 12.0. The second-order valence-electron chi connectivity index (χ2n) is 8.93. The van der Waals surface area contributed by atoms with E-state index < -0.39 is 34.7 Å². The molecule has 0 fully saturated rings. The molecule has 1 atom stereocenters. The Hall–Kier alpha value is -4.10. The van der Waals surface area contributed by atoms with E-state index in [1.807, 2.05) is 4.57 Å². The monoisotopic (exact) mass is 558 g/mol. The Morgan fingerprint density at radius 1 is 1.13 bits per heavy atom. The number of benzene rings is 2. The standard InChI is InChI=1S/C26H24F2N4O6S/c1-3-39(35,36)18-6-7-19(29-12-18)21(14-33)31-25(34)17-5-8-22-20(11-17)30-15(2)32(22)13-16-4-9-23-24(10-16)38-26(27,28)37-23/h4-12,21,33H,3,13-14H2,1-2H3,(H,31,34)/t21-/m0/s1. The van der Waals surface area contributed by atoms with E-state index in [0.29, 0.717) is 34.7 Å². The summed E-state index contributed by atoms with van der Waals surface area (Å²) in [5, 5.41) is 12.5. The maximum Gasteiger partial charge on any atom is 0.586 e. The Morgan fingerprint density at radius 2 is 1.90 bits per heavy atom. The summed E-state index contributed by atoms with van der Waals surface area (Å²) in [6.07, 6.45) is -2.49. The molecule has 0 unspecified atom stereocenters. The topological polar surface area (TPSA) is 133 Å². The molecule has 0 bridgehead atoms. The van der Waals surface area contributed by atoms with Gasteiger partial charge in [0, 0.05) is 18.3 Å². The van der Waals surface area contributed by atoms with E-state index in [1.165, 1.54) is 37.4 Å². The first-order chi connectivity index (χ1) is 18.5. The molecule has 1 aliphatic heterocycles. The van der Waals surface area contributed by atoms with Gasteiger partial charge < -0.3 is 24.5 Å². The summed E-state index contributed by atoms with van der Waals surface area (Å²) in [7, 11) is -3.43. The number of nitrogens with one attached hydrogen (secondary N) is 1. The number of carbonyl (C=O) groups is 1. The van der Waals surface area contributed by atoms with Gasteiger partial charge in [-0.15, -0.1) is 8.78 Å². The number of sulfone groups is 1. The van der Waals surface area contributed by atoms with Crippen LogP contribution in [-0.2, 0) is 16.4 Å². The first kappa shape index (κ1) is 26.5. The minimum absolute atomic E-state index is 0.0371. The van der Waals surface area contributed by atoms with Crippen molar-refractivity contribution in [1.29, 1.82) is 0 Å². The van der Waals surface area contributed by atoms with Gasteiger partial charge in [0.05, 0.1) is 40.0 Å². The minimum Gasteiger partial charge on any atom is -0.395 e. The maximum absolute atomic E-state index is 13.4. The largest absolute Gasteiger partial charge is 0.586 e. The lowest BCUT2D eigenvalue weighted by atomic mass is 10.1. The molecule has 2 N–H and O–H groups in total. The fourth-order valence-electron chi connectivity index (χ4n) is 4.27. The van der Waals surface area contributed by atoms with Crippen molar-refractivity contribution in [2.45, 2.75) is 37.6 Å². The van der Waals surface area contributed by atoms with Crippen LogP contribution in [0, 0.1) is 6.92 Å². The van der Waals surface area contributed by atoms with Crippen molar-refractivity contribution in [2.75, 3.05) is 12.4 Å². The SMILES string of the molecule is CCS(=O)(=O)c1ccc([C@H](CO)NC(=O)c2ccc3c(c2)nc(C)n3Cc2ccc3c(c2)OC(F)(F)O3)nc1. The maximum atomic E-state index is 13.4. The molecule has 3 heterocycles. The molecule has 0 aliphatic carbocycles. The lowest BCUT2D eigenvalue weighted by molar-refractivity contribution is -0.286. The number of carbonyl (C=O) groups excluding carboxylic acids is 1. The molecule has 0 spiro atoms. The van der Waals surface area contributed by atoms with Crippen molar-refractivity contribution in [1.82, 2.24) is 19.9 Å². The molecular formula is C26H24F2N4O6S. The van der Waals surface area contributed by atoms with Gasteiger partial charge >= 0.3 is 6.29 Å². The van der Waals surface area contributed by atoms with E-state index in [-0.39, 0.29) is 22.1 Å². The highest BCUT2D eigenvalue weighted by Crippen LogP contribution is 2.41. The van der Waals surface area contributed by atoms with Gasteiger partial charge in [0.1, 0.15) is 5.82 Å². The van der Waals surface area contributed by atoms with Crippen molar-refractivity contribution in [3.63, 3.8) is 0 Å². The summed E-state index contributed by atoms with van der Waals surface area (Å²) in [5.74, 6) is 0.0108. The van der Waals surface area contributed by atoms with E-state index in [1.54, 1.807) is 31.2 Å². The number of aliphatic hydroxyl groups is 1. The Kier molecular flexibility index (Phi) is 6.72. The van der Waals surface area contributed by atoms with Crippen LogP contribution in [0.4, 0.5) is 8.78 Å². The molecule has 5 rings (SSSR count). The zero-order valence-corrected chi connectivity index (χ0v) is 21.7. The fraction of sp³-hybridized carbons (Fsp3) is 0.269. The number of nitrogens with zero attached hydrogens (tertiary/aromatic N) is 3. The predicted molar refractivity (Wildman–Crippen MR) is 135 cm³/mol. The van der Waals surface area contributed by atoms with Gasteiger partial charge in [-0.3, -0.25) is 9.78 Å². The number of rotatable bonds is 8. The number of amides is 1. The summed E-state index contributed by atoms with van der Waals surface area (Å²) in [6, 6.07) is 11.5. The van der Waals surface area contributed by atoms with Crippen LogP contribution in [0.3, 0.4) is 0 Å². The highest BCUT2D eigenvalue weighted by atomic mass is 32.2.